The normalized spacial score (nSPS) is 18.1. The van der Waals surface area contributed by atoms with Crippen molar-refractivity contribution in [3.63, 3.8) is 0 Å². The third-order valence-electron chi connectivity index (χ3n) is 7.16. The third kappa shape index (κ3) is 4.75. The van der Waals surface area contributed by atoms with Crippen LogP contribution in [0.2, 0.25) is 0 Å². The minimum absolute atomic E-state index is 0.300. The largest absolute Gasteiger partial charge is 0.396 e. The Hall–Kier alpha value is -2.90. The number of anilines is 2. The van der Waals surface area contributed by atoms with Gasteiger partial charge in [-0.3, -0.25) is 4.90 Å². The van der Waals surface area contributed by atoms with E-state index in [1.165, 1.54) is 16.9 Å². The van der Waals surface area contributed by atoms with Gasteiger partial charge in [0.15, 0.2) is 5.82 Å². The second-order valence-corrected chi connectivity index (χ2v) is 9.22. The van der Waals surface area contributed by atoms with Gasteiger partial charge in [-0.05, 0) is 49.9 Å². The molecule has 0 unspecified atom stereocenters. The quantitative estimate of drug-likeness (QED) is 0.628. The van der Waals surface area contributed by atoms with Crippen LogP contribution in [0.4, 0.5) is 11.5 Å². The number of piperazine rings is 1. The van der Waals surface area contributed by atoms with Crippen LogP contribution in [0.15, 0.2) is 54.9 Å². The molecule has 0 bridgehead atoms. The number of hydrogen-bond donors (Lipinski definition) is 1. The first-order valence-corrected chi connectivity index (χ1v) is 12.1. The highest BCUT2D eigenvalue weighted by Gasteiger charge is 2.25. The van der Waals surface area contributed by atoms with E-state index in [1.807, 2.05) is 29.2 Å². The average Bonchev–Trinajstić information content (AvgIpc) is 3.25. The summed E-state index contributed by atoms with van der Waals surface area (Å²) < 4.78 is 2.04. The molecule has 2 aliphatic rings. The minimum Gasteiger partial charge on any atom is -0.396 e. The lowest BCUT2D eigenvalue weighted by molar-refractivity contribution is 0.202. The SMILES string of the molecule is Cc1c(CN2CCN(c3cccnc3N3CCC(CO)CC3)CC2)cnn1-c1ccccc1. The Morgan fingerprint density at radius 2 is 1.67 bits per heavy atom. The van der Waals surface area contributed by atoms with Gasteiger partial charge in [0.05, 0.1) is 17.6 Å². The highest BCUT2D eigenvalue weighted by molar-refractivity contribution is 5.67. The van der Waals surface area contributed by atoms with Gasteiger partial charge in [-0.25, -0.2) is 9.67 Å². The van der Waals surface area contributed by atoms with E-state index in [1.54, 1.807) is 0 Å². The summed E-state index contributed by atoms with van der Waals surface area (Å²) in [6, 6.07) is 14.6. The number of benzene rings is 1. The molecule has 0 radical (unpaired) electrons. The van der Waals surface area contributed by atoms with E-state index in [0.717, 1.165) is 70.2 Å². The lowest BCUT2D eigenvalue weighted by Gasteiger charge is -2.39. The summed E-state index contributed by atoms with van der Waals surface area (Å²) in [5.41, 5.74) is 4.86. The van der Waals surface area contributed by atoms with E-state index in [9.17, 15) is 5.11 Å². The van der Waals surface area contributed by atoms with E-state index in [4.69, 9.17) is 4.98 Å². The number of aliphatic hydroxyl groups excluding tert-OH is 1. The summed E-state index contributed by atoms with van der Waals surface area (Å²) in [4.78, 5) is 12.2. The number of aromatic nitrogens is 3. The van der Waals surface area contributed by atoms with Crippen LogP contribution in [-0.4, -0.2) is 70.6 Å². The van der Waals surface area contributed by atoms with Crippen LogP contribution >= 0.6 is 0 Å². The molecule has 174 valence electrons. The van der Waals surface area contributed by atoms with Crippen LogP contribution in [0.5, 0.6) is 0 Å². The molecule has 7 nitrogen and oxygen atoms in total. The number of para-hydroxylation sites is 1. The van der Waals surface area contributed by atoms with Crippen molar-refractivity contribution in [3.05, 3.63) is 66.1 Å². The summed E-state index contributed by atoms with van der Waals surface area (Å²) in [5.74, 6) is 1.54. The molecule has 0 atom stereocenters. The van der Waals surface area contributed by atoms with Crippen molar-refractivity contribution in [2.24, 2.45) is 5.92 Å². The molecule has 5 rings (SSSR count). The lowest BCUT2D eigenvalue weighted by Crippen LogP contribution is -2.46. The van der Waals surface area contributed by atoms with Crippen LogP contribution in [0.25, 0.3) is 5.69 Å². The van der Waals surface area contributed by atoms with Crippen molar-refractivity contribution in [1.29, 1.82) is 0 Å². The van der Waals surface area contributed by atoms with Gasteiger partial charge >= 0.3 is 0 Å². The number of aliphatic hydroxyl groups is 1. The van der Waals surface area contributed by atoms with Crippen LogP contribution in [0.1, 0.15) is 24.1 Å². The molecule has 33 heavy (non-hydrogen) atoms. The van der Waals surface area contributed by atoms with Crippen molar-refractivity contribution in [1.82, 2.24) is 19.7 Å². The van der Waals surface area contributed by atoms with E-state index in [0.29, 0.717) is 12.5 Å². The summed E-state index contributed by atoms with van der Waals surface area (Å²) >= 11 is 0. The summed E-state index contributed by atoms with van der Waals surface area (Å²) in [6.07, 6.45) is 6.00. The number of nitrogens with zero attached hydrogens (tertiary/aromatic N) is 6. The van der Waals surface area contributed by atoms with Gasteiger partial charge in [0, 0.05) is 69.9 Å². The average molecular weight is 447 g/mol. The van der Waals surface area contributed by atoms with Gasteiger partial charge in [-0.2, -0.15) is 5.10 Å². The fourth-order valence-corrected chi connectivity index (χ4v) is 5.02. The number of piperidine rings is 1. The second-order valence-electron chi connectivity index (χ2n) is 9.22. The Bertz CT molecular complexity index is 1040. The fourth-order valence-electron chi connectivity index (χ4n) is 5.02. The maximum Gasteiger partial charge on any atom is 0.152 e. The summed E-state index contributed by atoms with van der Waals surface area (Å²) in [6.45, 7) is 9.38. The molecule has 1 aromatic carbocycles. The summed E-state index contributed by atoms with van der Waals surface area (Å²) in [5, 5.41) is 14.1. The molecular weight excluding hydrogens is 412 g/mol. The van der Waals surface area contributed by atoms with E-state index < -0.39 is 0 Å². The third-order valence-corrected chi connectivity index (χ3v) is 7.16. The van der Waals surface area contributed by atoms with Gasteiger partial charge in [0.2, 0.25) is 0 Å². The molecule has 2 fully saturated rings. The zero-order chi connectivity index (χ0) is 22.6. The maximum absolute atomic E-state index is 9.46. The van der Waals surface area contributed by atoms with Crippen molar-refractivity contribution < 1.29 is 5.11 Å². The fraction of sp³-hybridized carbons (Fsp3) is 0.462. The second kappa shape index (κ2) is 9.93. The van der Waals surface area contributed by atoms with Crippen LogP contribution in [0, 0.1) is 12.8 Å². The number of pyridine rings is 1. The Kier molecular flexibility index (Phi) is 6.60. The number of hydrogen-bond acceptors (Lipinski definition) is 6. The summed E-state index contributed by atoms with van der Waals surface area (Å²) in [7, 11) is 0. The zero-order valence-electron chi connectivity index (χ0n) is 19.5. The highest BCUT2D eigenvalue weighted by atomic mass is 16.3. The molecule has 0 spiro atoms. The molecule has 0 saturated carbocycles. The molecule has 1 N–H and O–H groups in total. The number of rotatable bonds is 6. The van der Waals surface area contributed by atoms with Gasteiger partial charge in [-0.1, -0.05) is 18.2 Å². The smallest absolute Gasteiger partial charge is 0.152 e. The van der Waals surface area contributed by atoms with Crippen LogP contribution in [-0.2, 0) is 6.54 Å². The van der Waals surface area contributed by atoms with Crippen LogP contribution < -0.4 is 9.80 Å². The van der Waals surface area contributed by atoms with Crippen LogP contribution in [0.3, 0.4) is 0 Å². The monoisotopic (exact) mass is 446 g/mol. The first kappa shape index (κ1) is 21.9. The predicted molar refractivity (Wildman–Crippen MR) is 132 cm³/mol. The van der Waals surface area contributed by atoms with Gasteiger partial charge < -0.3 is 14.9 Å². The molecule has 2 saturated heterocycles. The molecule has 2 aromatic heterocycles. The standard InChI is InChI=1S/C26H34N6O/c1-21-23(18-28-32(21)24-6-3-2-4-7-24)19-29-14-16-30(17-15-29)25-8-5-11-27-26(25)31-12-9-22(20-33)10-13-31/h2-8,11,18,22,33H,9-10,12-17,19-20H2,1H3. The molecule has 7 heteroatoms. The molecule has 3 aromatic rings. The Labute approximate surface area is 196 Å². The van der Waals surface area contributed by atoms with E-state index >= 15 is 0 Å². The molecular formula is C26H34N6O. The van der Waals surface area contributed by atoms with E-state index in [-0.39, 0.29) is 0 Å². The zero-order valence-corrected chi connectivity index (χ0v) is 19.5. The lowest BCUT2D eigenvalue weighted by atomic mass is 9.98. The Morgan fingerprint density at radius 3 is 2.39 bits per heavy atom. The first-order chi connectivity index (χ1) is 16.2. The van der Waals surface area contributed by atoms with Crippen molar-refractivity contribution >= 4 is 11.5 Å². The van der Waals surface area contributed by atoms with Crippen molar-refractivity contribution in [3.8, 4) is 5.69 Å². The molecule has 0 aliphatic carbocycles. The highest BCUT2D eigenvalue weighted by Crippen LogP contribution is 2.31. The van der Waals surface area contributed by atoms with Crippen molar-refractivity contribution in [2.75, 3.05) is 55.7 Å². The van der Waals surface area contributed by atoms with E-state index in [2.05, 4.69) is 57.1 Å². The molecule has 4 heterocycles. The Morgan fingerprint density at radius 1 is 0.909 bits per heavy atom. The maximum atomic E-state index is 9.46. The Balaban J connectivity index is 1.22. The predicted octanol–water partition coefficient (Wildman–Crippen LogP) is 3.11. The van der Waals surface area contributed by atoms with Crippen molar-refractivity contribution in [2.45, 2.75) is 26.3 Å². The first-order valence-electron chi connectivity index (χ1n) is 12.1. The van der Waals surface area contributed by atoms with Gasteiger partial charge in [-0.15, -0.1) is 0 Å². The van der Waals surface area contributed by atoms with Gasteiger partial charge in [0.25, 0.3) is 0 Å². The topological polar surface area (TPSA) is 60.7 Å². The van der Waals surface area contributed by atoms with Gasteiger partial charge in [0.1, 0.15) is 0 Å². The molecule has 2 aliphatic heterocycles. The minimum atomic E-state index is 0.300. The molecule has 0 amide bonds.